The Kier molecular flexibility index (Phi) is 5.30. The van der Waals surface area contributed by atoms with E-state index in [9.17, 15) is 4.79 Å². The second kappa shape index (κ2) is 8.43. The minimum Gasteiger partial charge on any atom is -0.497 e. The van der Waals surface area contributed by atoms with Gasteiger partial charge in [-0.15, -0.1) is 0 Å². The van der Waals surface area contributed by atoms with E-state index in [0.717, 1.165) is 16.7 Å². The molecular weight excluding hydrogens is 424 g/mol. The number of hydrogen-bond donors (Lipinski definition) is 0. The number of fused-ring (bicyclic) bond motifs is 2. The molecule has 3 aromatic carbocycles. The summed E-state index contributed by atoms with van der Waals surface area (Å²) < 4.78 is 33.3. The summed E-state index contributed by atoms with van der Waals surface area (Å²) in [4.78, 5) is 13.2. The molecule has 2 aliphatic heterocycles. The molecule has 0 saturated carbocycles. The maximum Gasteiger partial charge on any atom is 0.338 e. The fourth-order valence-electron chi connectivity index (χ4n) is 4.09. The first-order valence-electron chi connectivity index (χ1n) is 10.3. The van der Waals surface area contributed by atoms with Gasteiger partial charge in [0.05, 0.1) is 26.9 Å². The van der Waals surface area contributed by atoms with Crippen LogP contribution < -0.4 is 23.7 Å². The van der Waals surface area contributed by atoms with E-state index < -0.39 is 12.1 Å². The zero-order valence-electron chi connectivity index (χ0n) is 18.4. The number of methoxy groups -OCH3 is 3. The topological polar surface area (TPSA) is 72.5 Å². The van der Waals surface area contributed by atoms with Gasteiger partial charge in [0.25, 0.3) is 0 Å². The van der Waals surface area contributed by atoms with Gasteiger partial charge in [0.2, 0.25) is 6.79 Å². The molecule has 3 aromatic rings. The molecule has 0 aromatic heterocycles. The second-order valence-electron chi connectivity index (χ2n) is 7.48. The summed E-state index contributed by atoms with van der Waals surface area (Å²) in [7, 11) is 4.57. The zero-order valence-corrected chi connectivity index (χ0v) is 18.4. The van der Waals surface area contributed by atoms with Crippen LogP contribution in [0.1, 0.15) is 22.8 Å². The Labute approximate surface area is 191 Å². The van der Waals surface area contributed by atoms with Gasteiger partial charge >= 0.3 is 5.97 Å². The van der Waals surface area contributed by atoms with Crippen LogP contribution in [0.15, 0.2) is 66.2 Å². The Morgan fingerprint density at radius 3 is 2.24 bits per heavy atom. The van der Waals surface area contributed by atoms with Crippen LogP contribution in [0.2, 0.25) is 0 Å². The highest BCUT2D eigenvalue weighted by atomic mass is 16.7. The lowest BCUT2D eigenvalue weighted by Gasteiger charge is -2.31. The smallest absolute Gasteiger partial charge is 0.338 e. The van der Waals surface area contributed by atoms with Crippen molar-refractivity contribution >= 4 is 11.5 Å². The molecule has 7 heteroatoms. The van der Waals surface area contributed by atoms with Crippen molar-refractivity contribution < 1.29 is 33.2 Å². The average Bonchev–Trinajstić information content (AvgIpc) is 3.35. The van der Waals surface area contributed by atoms with Crippen molar-refractivity contribution in [2.24, 2.45) is 0 Å². The first kappa shape index (κ1) is 20.8. The Bertz CT molecular complexity index is 1240. The van der Waals surface area contributed by atoms with Crippen LogP contribution in [0.3, 0.4) is 0 Å². The van der Waals surface area contributed by atoms with Crippen molar-refractivity contribution in [3.05, 3.63) is 82.9 Å². The van der Waals surface area contributed by atoms with Crippen LogP contribution in [0, 0.1) is 0 Å². The van der Waals surface area contributed by atoms with Gasteiger partial charge in [-0.1, -0.05) is 18.2 Å². The van der Waals surface area contributed by atoms with Crippen LogP contribution in [0.5, 0.6) is 28.7 Å². The molecule has 0 radical (unpaired) electrons. The normalized spacial score (nSPS) is 16.0. The molecule has 0 N–H and O–H groups in total. The van der Waals surface area contributed by atoms with Crippen LogP contribution in [-0.2, 0) is 9.53 Å². The van der Waals surface area contributed by atoms with Crippen molar-refractivity contribution in [1.29, 1.82) is 0 Å². The number of carbonyl (C=O) groups excluding carboxylic acids is 1. The van der Waals surface area contributed by atoms with Gasteiger partial charge in [-0.2, -0.15) is 0 Å². The lowest BCUT2D eigenvalue weighted by Crippen LogP contribution is -2.24. The minimum absolute atomic E-state index is 0.156. The molecule has 0 spiro atoms. The summed E-state index contributed by atoms with van der Waals surface area (Å²) >= 11 is 0. The standard InChI is InChI=1S/C26H22O7/c1-28-17-7-4-15(5-8-17)23-19-13-18(29-2)9-11-20(19)33-25(24(23)26(27)30-3)16-6-10-21-22(12-16)32-14-31-21/h4-13,25H,14H2,1-3H3. The molecule has 7 nitrogen and oxygen atoms in total. The highest BCUT2D eigenvalue weighted by molar-refractivity contribution is 6.04. The largest absolute Gasteiger partial charge is 0.497 e. The van der Waals surface area contributed by atoms with Gasteiger partial charge in [0.1, 0.15) is 17.2 Å². The highest BCUT2D eigenvalue weighted by Crippen LogP contribution is 2.48. The number of rotatable bonds is 5. The van der Waals surface area contributed by atoms with Crippen LogP contribution in [0.25, 0.3) is 5.57 Å². The average molecular weight is 446 g/mol. The molecule has 5 rings (SSSR count). The summed E-state index contributed by atoms with van der Waals surface area (Å²) in [6, 6.07) is 18.5. The third kappa shape index (κ3) is 3.61. The van der Waals surface area contributed by atoms with Gasteiger partial charge in [0.15, 0.2) is 17.6 Å². The van der Waals surface area contributed by atoms with E-state index in [4.69, 9.17) is 28.4 Å². The van der Waals surface area contributed by atoms with Gasteiger partial charge in [-0.05, 0) is 48.0 Å². The Balaban J connectivity index is 1.76. The molecule has 2 heterocycles. The molecule has 1 atom stereocenters. The number of hydrogen-bond acceptors (Lipinski definition) is 7. The monoisotopic (exact) mass is 446 g/mol. The first-order valence-corrected chi connectivity index (χ1v) is 10.3. The van der Waals surface area contributed by atoms with Gasteiger partial charge in [0, 0.05) is 16.7 Å². The maximum absolute atomic E-state index is 13.2. The summed E-state index contributed by atoms with van der Waals surface area (Å²) in [6.07, 6.45) is -0.718. The molecule has 0 amide bonds. The van der Waals surface area contributed by atoms with Crippen molar-refractivity contribution in [3.8, 4) is 28.7 Å². The summed E-state index contributed by atoms with van der Waals surface area (Å²) in [5.41, 5.74) is 3.37. The molecular formula is C26H22O7. The number of ether oxygens (including phenoxy) is 6. The molecule has 0 aliphatic carbocycles. The molecule has 0 saturated heterocycles. The van der Waals surface area contributed by atoms with Gasteiger partial charge in [-0.3, -0.25) is 0 Å². The minimum atomic E-state index is -0.718. The first-order chi connectivity index (χ1) is 16.1. The maximum atomic E-state index is 13.2. The third-order valence-corrected chi connectivity index (χ3v) is 5.72. The van der Waals surface area contributed by atoms with E-state index in [1.165, 1.54) is 7.11 Å². The van der Waals surface area contributed by atoms with Crippen molar-refractivity contribution in [2.45, 2.75) is 6.10 Å². The van der Waals surface area contributed by atoms with Crippen LogP contribution in [-0.4, -0.2) is 34.1 Å². The summed E-state index contributed by atoms with van der Waals surface area (Å²) in [5, 5.41) is 0. The molecule has 2 aliphatic rings. The van der Waals surface area contributed by atoms with Gasteiger partial charge < -0.3 is 28.4 Å². The Morgan fingerprint density at radius 1 is 0.818 bits per heavy atom. The molecule has 0 bridgehead atoms. The van der Waals surface area contributed by atoms with E-state index in [-0.39, 0.29) is 6.79 Å². The predicted molar refractivity (Wildman–Crippen MR) is 120 cm³/mol. The second-order valence-corrected chi connectivity index (χ2v) is 7.48. The molecule has 0 fully saturated rings. The van der Waals surface area contributed by atoms with Gasteiger partial charge in [-0.25, -0.2) is 4.79 Å². The van der Waals surface area contributed by atoms with Crippen molar-refractivity contribution in [2.75, 3.05) is 28.1 Å². The van der Waals surface area contributed by atoms with Crippen molar-refractivity contribution in [1.82, 2.24) is 0 Å². The van der Waals surface area contributed by atoms with E-state index in [0.29, 0.717) is 39.9 Å². The third-order valence-electron chi connectivity index (χ3n) is 5.72. The van der Waals surface area contributed by atoms with E-state index >= 15 is 0 Å². The van der Waals surface area contributed by atoms with Crippen LogP contribution in [0.4, 0.5) is 0 Å². The lowest BCUT2D eigenvalue weighted by molar-refractivity contribution is -0.137. The predicted octanol–water partition coefficient (Wildman–Crippen LogP) is 4.54. The molecule has 33 heavy (non-hydrogen) atoms. The highest BCUT2D eigenvalue weighted by Gasteiger charge is 2.36. The Hall–Kier alpha value is -4.13. The molecule has 168 valence electrons. The fraction of sp³-hybridized carbons (Fsp3) is 0.192. The quantitative estimate of drug-likeness (QED) is 0.533. The Morgan fingerprint density at radius 2 is 1.52 bits per heavy atom. The summed E-state index contributed by atoms with van der Waals surface area (Å²) in [5.74, 6) is 2.75. The van der Waals surface area contributed by atoms with Crippen molar-refractivity contribution in [3.63, 3.8) is 0 Å². The van der Waals surface area contributed by atoms with E-state index in [1.54, 1.807) is 14.2 Å². The number of benzene rings is 3. The summed E-state index contributed by atoms with van der Waals surface area (Å²) in [6.45, 7) is 0.156. The van der Waals surface area contributed by atoms with Crippen LogP contribution >= 0.6 is 0 Å². The SMILES string of the molecule is COC(=O)C1=C(c2ccc(OC)cc2)c2cc(OC)ccc2OC1c1ccc2c(c1)OCO2. The molecule has 1 unspecified atom stereocenters. The van der Waals surface area contributed by atoms with E-state index in [2.05, 4.69) is 0 Å². The van der Waals surface area contributed by atoms with E-state index in [1.807, 2.05) is 60.7 Å². The number of carbonyl (C=O) groups is 1. The lowest BCUT2D eigenvalue weighted by atomic mass is 9.85. The number of esters is 1. The zero-order chi connectivity index (χ0) is 22.9. The fourth-order valence-corrected chi connectivity index (χ4v) is 4.09.